The fourth-order valence-electron chi connectivity index (χ4n) is 1.98. The molecule has 0 N–H and O–H groups in total. The van der Waals surface area contributed by atoms with Crippen LogP contribution in [0.4, 0.5) is 8.78 Å². The Morgan fingerprint density at radius 1 is 1.29 bits per heavy atom. The number of hydrogen-bond donors (Lipinski definition) is 0. The largest absolute Gasteiger partial charge is 0.389 e. The van der Waals surface area contributed by atoms with Crippen LogP contribution in [0.5, 0.6) is 0 Å². The van der Waals surface area contributed by atoms with Crippen LogP contribution in [0.1, 0.15) is 33.1 Å². The molecule has 0 bridgehead atoms. The number of hydrogen-bond acceptors (Lipinski definition) is 2. The lowest BCUT2D eigenvalue weighted by Gasteiger charge is -2.27. The first kappa shape index (κ1) is 15.1. The molecule has 3 atom stereocenters. The maximum atomic E-state index is 14.0. The Labute approximate surface area is 104 Å². The standard InChI is InChI=1S/C12H24F2O2Si/c1-6-7-8-10-9(2)12(13,14)11(15-10)16-17(3,4)5/h9-11H,6-8H2,1-5H3. The third-order valence-corrected chi connectivity index (χ3v) is 4.00. The number of ether oxygens (including phenoxy) is 1. The maximum absolute atomic E-state index is 14.0. The Balaban J connectivity index is 2.67. The molecule has 0 radical (unpaired) electrons. The number of halogens is 2. The maximum Gasteiger partial charge on any atom is 0.301 e. The lowest BCUT2D eigenvalue weighted by molar-refractivity contribution is -0.181. The van der Waals surface area contributed by atoms with E-state index in [4.69, 9.17) is 9.16 Å². The highest BCUT2D eigenvalue weighted by molar-refractivity contribution is 6.69. The minimum absolute atomic E-state index is 0.369. The van der Waals surface area contributed by atoms with E-state index in [0.29, 0.717) is 6.42 Å². The smallest absolute Gasteiger partial charge is 0.301 e. The summed E-state index contributed by atoms with van der Waals surface area (Å²) in [5, 5.41) is 0. The van der Waals surface area contributed by atoms with Gasteiger partial charge in [-0.1, -0.05) is 26.7 Å². The molecule has 0 aromatic rings. The van der Waals surface area contributed by atoms with Gasteiger partial charge >= 0.3 is 5.92 Å². The van der Waals surface area contributed by atoms with E-state index in [1.165, 1.54) is 0 Å². The summed E-state index contributed by atoms with van der Waals surface area (Å²) in [5.41, 5.74) is 0. The van der Waals surface area contributed by atoms with Crippen molar-refractivity contribution in [1.29, 1.82) is 0 Å². The topological polar surface area (TPSA) is 18.5 Å². The summed E-state index contributed by atoms with van der Waals surface area (Å²) < 4.78 is 38.9. The zero-order valence-corrected chi connectivity index (χ0v) is 12.4. The lowest BCUT2D eigenvalue weighted by atomic mass is 9.96. The van der Waals surface area contributed by atoms with Crippen molar-refractivity contribution < 1.29 is 17.9 Å². The highest BCUT2D eigenvalue weighted by atomic mass is 28.4. The van der Waals surface area contributed by atoms with E-state index >= 15 is 0 Å². The van der Waals surface area contributed by atoms with E-state index in [1.807, 2.05) is 26.6 Å². The van der Waals surface area contributed by atoms with E-state index in [1.54, 1.807) is 6.92 Å². The summed E-state index contributed by atoms with van der Waals surface area (Å²) in [6.07, 6.45) is 0.902. The van der Waals surface area contributed by atoms with Crippen molar-refractivity contribution in [2.24, 2.45) is 5.92 Å². The highest BCUT2D eigenvalue weighted by Crippen LogP contribution is 2.43. The average molecular weight is 266 g/mol. The van der Waals surface area contributed by atoms with Gasteiger partial charge in [-0.25, -0.2) is 8.78 Å². The van der Waals surface area contributed by atoms with Gasteiger partial charge < -0.3 is 9.16 Å². The minimum Gasteiger partial charge on any atom is -0.389 e. The third-order valence-electron chi connectivity index (χ3n) is 3.08. The Bertz CT molecular complexity index is 253. The fourth-order valence-corrected chi connectivity index (χ4v) is 2.84. The normalized spacial score (nSPS) is 33.0. The summed E-state index contributed by atoms with van der Waals surface area (Å²) in [4.78, 5) is 0. The summed E-state index contributed by atoms with van der Waals surface area (Å²) >= 11 is 0. The molecule has 1 saturated heterocycles. The van der Waals surface area contributed by atoms with E-state index in [0.717, 1.165) is 12.8 Å². The zero-order chi connectivity index (χ0) is 13.3. The van der Waals surface area contributed by atoms with Gasteiger partial charge in [-0.15, -0.1) is 0 Å². The molecule has 1 heterocycles. The second kappa shape index (κ2) is 5.32. The Morgan fingerprint density at radius 2 is 1.88 bits per heavy atom. The quantitative estimate of drug-likeness (QED) is 0.700. The van der Waals surface area contributed by atoms with Crippen molar-refractivity contribution in [3.8, 4) is 0 Å². The van der Waals surface area contributed by atoms with E-state index in [9.17, 15) is 8.78 Å². The summed E-state index contributed by atoms with van der Waals surface area (Å²) in [6.45, 7) is 9.31. The molecule has 0 aromatic heterocycles. The van der Waals surface area contributed by atoms with E-state index in [-0.39, 0.29) is 6.10 Å². The zero-order valence-electron chi connectivity index (χ0n) is 11.4. The molecule has 0 aliphatic carbocycles. The molecule has 17 heavy (non-hydrogen) atoms. The molecule has 1 fully saturated rings. The molecule has 2 nitrogen and oxygen atoms in total. The molecule has 1 aliphatic heterocycles. The monoisotopic (exact) mass is 266 g/mol. The predicted octanol–water partition coefficient (Wildman–Crippen LogP) is 4.02. The first-order valence-corrected chi connectivity index (χ1v) is 9.80. The number of unbranched alkanes of at least 4 members (excludes halogenated alkanes) is 1. The molecule has 0 amide bonds. The van der Waals surface area contributed by atoms with E-state index < -0.39 is 26.4 Å². The second-order valence-electron chi connectivity index (χ2n) is 5.84. The van der Waals surface area contributed by atoms with Crippen LogP contribution in [0.25, 0.3) is 0 Å². The average Bonchev–Trinajstić information content (AvgIpc) is 2.37. The Hall–Kier alpha value is -0.00312. The summed E-state index contributed by atoms with van der Waals surface area (Å²) in [6, 6.07) is 0. The van der Waals surface area contributed by atoms with Gasteiger partial charge in [0.05, 0.1) is 12.0 Å². The molecule has 3 unspecified atom stereocenters. The van der Waals surface area contributed by atoms with Crippen LogP contribution in [0.2, 0.25) is 19.6 Å². The van der Waals surface area contributed by atoms with Gasteiger partial charge in [0.2, 0.25) is 6.29 Å². The lowest BCUT2D eigenvalue weighted by Crippen LogP contribution is -2.42. The van der Waals surface area contributed by atoms with Gasteiger partial charge in [0.15, 0.2) is 8.32 Å². The van der Waals surface area contributed by atoms with Crippen LogP contribution >= 0.6 is 0 Å². The summed E-state index contributed by atoms with van der Waals surface area (Å²) in [5.74, 6) is -3.62. The molecule has 1 rings (SSSR count). The third kappa shape index (κ3) is 3.73. The van der Waals surface area contributed by atoms with Crippen LogP contribution in [-0.4, -0.2) is 26.6 Å². The highest BCUT2D eigenvalue weighted by Gasteiger charge is 2.57. The molecule has 0 spiro atoms. The van der Waals surface area contributed by atoms with E-state index in [2.05, 4.69) is 0 Å². The molecule has 5 heteroatoms. The molecular formula is C12H24F2O2Si. The summed E-state index contributed by atoms with van der Waals surface area (Å²) in [7, 11) is -2.01. The van der Waals surface area contributed by atoms with Gasteiger partial charge in [0.25, 0.3) is 0 Å². The predicted molar refractivity (Wildman–Crippen MR) is 66.7 cm³/mol. The molecular weight excluding hydrogens is 242 g/mol. The molecule has 0 aromatic carbocycles. The van der Waals surface area contributed by atoms with Gasteiger partial charge in [-0.3, -0.25) is 0 Å². The van der Waals surface area contributed by atoms with Crippen molar-refractivity contribution >= 4 is 8.32 Å². The Kier molecular flexibility index (Phi) is 4.71. The van der Waals surface area contributed by atoms with Crippen molar-refractivity contribution in [3.05, 3.63) is 0 Å². The molecule has 0 saturated carbocycles. The van der Waals surface area contributed by atoms with Crippen LogP contribution in [0.15, 0.2) is 0 Å². The minimum atomic E-state index is -2.86. The van der Waals surface area contributed by atoms with Gasteiger partial charge in [-0.05, 0) is 26.1 Å². The molecule has 102 valence electrons. The number of alkyl halides is 2. The molecule has 1 aliphatic rings. The van der Waals surface area contributed by atoms with Crippen molar-refractivity contribution in [3.63, 3.8) is 0 Å². The van der Waals surface area contributed by atoms with Gasteiger partial charge in [0, 0.05) is 0 Å². The van der Waals surface area contributed by atoms with Crippen molar-refractivity contribution in [2.75, 3.05) is 0 Å². The van der Waals surface area contributed by atoms with Crippen LogP contribution < -0.4 is 0 Å². The fraction of sp³-hybridized carbons (Fsp3) is 1.00. The Morgan fingerprint density at radius 3 is 2.35 bits per heavy atom. The first-order valence-electron chi connectivity index (χ1n) is 6.39. The van der Waals surface area contributed by atoms with Gasteiger partial charge in [0.1, 0.15) is 0 Å². The SMILES string of the molecule is CCCCC1OC(O[Si](C)(C)C)C(F)(F)C1C. The van der Waals surface area contributed by atoms with Crippen LogP contribution in [-0.2, 0) is 9.16 Å². The van der Waals surface area contributed by atoms with Crippen molar-refractivity contribution in [1.82, 2.24) is 0 Å². The van der Waals surface area contributed by atoms with Crippen molar-refractivity contribution in [2.45, 2.75) is 71.1 Å². The van der Waals surface area contributed by atoms with Gasteiger partial charge in [-0.2, -0.15) is 0 Å². The second-order valence-corrected chi connectivity index (χ2v) is 10.3. The van der Waals surface area contributed by atoms with Crippen LogP contribution in [0.3, 0.4) is 0 Å². The van der Waals surface area contributed by atoms with Crippen LogP contribution in [0, 0.1) is 5.92 Å². The number of rotatable bonds is 5. The first-order chi connectivity index (χ1) is 7.68.